The van der Waals surface area contributed by atoms with E-state index in [1.807, 2.05) is 0 Å². The molecule has 1 saturated heterocycles. The number of hydrogen-bond acceptors (Lipinski definition) is 4. The number of carboxylic acid groups (broad SMARTS) is 1. The van der Waals surface area contributed by atoms with Crippen LogP contribution in [0.3, 0.4) is 0 Å². The minimum atomic E-state index is -1.02. The van der Waals surface area contributed by atoms with Gasteiger partial charge in [0.15, 0.2) is 0 Å². The first kappa shape index (κ1) is 14.6. The molecule has 2 aliphatic rings. The van der Waals surface area contributed by atoms with Gasteiger partial charge in [-0.2, -0.15) is 0 Å². The van der Waals surface area contributed by atoms with Gasteiger partial charge in [0.2, 0.25) is 11.8 Å². The van der Waals surface area contributed by atoms with Crippen molar-refractivity contribution in [3.63, 3.8) is 0 Å². The largest absolute Gasteiger partial charge is 0.480 e. The second kappa shape index (κ2) is 5.82. The second-order valence-electron chi connectivity index (χ2n) is 5.85. The number of aliphatic carboxylic acids is 1. The van der Waals surface area contributed by atoms with Gasteiger partial charge in [0.25, 0.3) is 0 Å². The van der Waals surface area contributed by atoms with Gasteiger partial charge >= 0.3 is 5.97 Å². The van der Waals surface area contributed by atoms with Crippen LogP contribution in [0, 0.1) is 5.92 Å². The molecule has 0 unspecified atom stereocenters. The number of hydrogen-bond donors (Lipinski definition) is 1. The van der Waals surface area contributed by atoms with Gasteiger partial charge in [0, 0.05) is 19.0 Å². The van der Waals surface area contributed by atoms with Crippen molar-refractivity contribution < 1.29 is 23.9 Å². The quantitative estimate of drug-likeness (QED) is 0.835. The van der Waals surface area contributed by atoms with E-state index in [-0.39, 0.29) is 30.8 Å². The highest BCUT2D eigenvalue weighted by Crippen LogP contribution is 2.30. The topological polar surface area (TPSA) is 91.1 Å². The SMILES string of the molecule is O=C(O)CN(C(=O)[C@@H]1CC(=O)N(Cc2ccco2)C1)C1CC1. The zero-order valence-corrected chi connectivity index (χ0v) is 12.1. The molecule has 2 fully saturated rings. The van der Waals surface area contributed by atoms with Crippen molar-refractivity contribution in [3.05, 3.63) is 24.2 Å². The Bertz CT molecular complexity index is 579. The first-order valence-corrected chi connectivity index (χ1v) is 7.37. The Morgan fingerprint density at radius 1 is 1.41 bits per heavy atom. The average Bonchev–Trinajstić information content (AvgIpc) is 3.07. The van der Waals surface area contributed by atoms with Crippen molar-refractivity contribution >= 4 is 17.8 Å². The van der Waals surface area contributed by atoms with Crippen molar-refractivity contribution in [2.45, 2.75) is 31.8 Å². The summed E-state index contributed by atoms with van der Waals surface area (Å²) in [6.45, 7) is 0.381. The molecule has 1 aliphatic carbocycles. The monoisotopic (exact) mass is 306 g/mol. The Kier molecular flexibility index (Phi) is 3.87. The Hall–Kier alpha value is -2.31. The smallest absolute Gasteiger partial charge is 0.323 e. The summed E-state index contributed by atoms with van der Waals surface area (Å²) >= 11 is 0. The molecular formula is C15H18N2O5. The number of nitrogens with zero attached hydrogens (tertiary/aromatic N) is 2. The molecule has 2 heterocycles. The van der Waals surface area contributed by atoms with E-state index < -0.39 is 11.9 Å². The Morgan fingerprint density at radius 2 is 2.18 bits per heavy atom. The van der Waals surface area contributed by atoms with E-state index in [0.29, 0.717) is 18.8 Å². The molecule has 0 radical (unpaired) electrons. The zero-order valence-electron chi connectivity index (χ0n) is 12.1. The lowest BCUT2D eigenvalue weighted by Gasteiger charge is -2.23. The number of carbonyl (C=O) groups is 3. The van der Waals surface area contributed by atoms with Crippen LogP contribution in [0.4, 0.5) is 0 Å². The molecule has 1 aliphatic heterocycles. The summed E-state index contributed by atoms with van der Waals surface area (Å²) in [7, 11) is 0. The fourth-order valence-corrected chi connectivity index (χ4v) is 2.83. The molecule has 0 spiro atoms. The van der Waals surface area contributed by atoms with E-state index >= 15 is 0 Å². The molecule has 7 heteroatoms. The van der Waals surface area contributed by atoms with E-state index in [9.17, 15) is 14.4 Å². The highest BCUT2D eigenvalue weighted by molar-refractivity contribution is 5.91. The standard InChI is InChI=1S/C15H18N2O5/c18-13-6-10(7-16(13)8-12-2-1-5-22-12)15(21)17(9-14(19)20)11-3-4-11/h1-2,5,10-11H,3-4,6-9H2,(H,19,20)/t10-/m1/s1. The van der Waals surface area contributed by atoms with E-state index in [4.69, 9.17) is 9.52 Å². The van der Waals surface area contributed by atoms with Gasteiger partial charge in [-0.15, -0.1) is 0 Å². The summed E-state index contributed by atoms with van der Waals surface area (Å²) in [6, 6.07) is 3.56. The lowest BCUT2D eigenvalue weighted by molar-refractivity contribution is -0.146. The lowest BCUT2D eigenvalue weighted by atomic mass is 10.1. The summed E-state index contributed by atoms with van der Waals surface area (Å²) < 4.78 is 5.22. The Morgan fingerprint density at radius 3 is 2.77 bits per heavy atom. The van der Waals surface area contributed by atoms with Crippen LogP contribution in [0.1, 0.15) is 25.0 Å². The minimum absolute atomic E-state index is 0.0258. The van der Waals surface area contributed by atoms with Crippen molar-refractivity contribution in [3.8, 4) is 0 Å². The summed E-state index contributed by atoms with van der Waals surface area (Å²) in [4.78, 5) is 38.5. The Labute approximate surface area is 127 Å². The minimum Gasteiger partial charge on any atom is -0.480 e. The molecule has 1 N–H and O–H groups in total. The molecule has 3 rings (SSSR count). The summed E-state index contributed by atoms with van der Waals surface area (Å²) in [5, 5.41) is 8.94. The molecule has 118 valence electrons. The molecule has 1 atom stereocenters. The number of likely N-dealkylation sites (tertiary alicyclic amines) is 1. The average molecular weight is 306 g/mol. The second-order valence-corrected chi connectivity index (χ2v) is 5.85. The first-order valence-electron chi connectivity index (χ1n) is 7.37. The molecular weight excluding hydrogens is 288 g/mol. The third-order valence-corrected chi connectivity index (χ3v) is 4.07. The van der Waals surface area contributed by atoms with Gasteiger partial charge in [-0.05, 0) is 25.0 Å². The number of amides is 2. The van der Waals surface area contributed by atoms with Crippen molar-refractivity contribution in [2.24, 2.45) is 5.92 Å². The fourth-order valence-electron chi connectivity index (χ4n) is 2.83. The van der Waals surface area contributed by atoms with Gasteiger partial charge in [0.1, 0.15) is 12.3 Å². The lowest BCUT2D eigenvalue weighted by Crippen LogP contribution is -2.42. The molecule has 22 heavy (non-hydrogen) atoms. The van der Waals surface area contributed by atoms with Crippen LogP contribution in [0.15, 0.2) is 22.8 Å². The fraction of sp³-hybridized carbons (Fsp3) is 0.533. The third kappa shape index (κ3) is 3.13. The van der Waals surface area contributed by atoms with Crippen molar-refractivity contribution in [1.29, 1.82) is 0 Å². The summed E-state index contributed by atoms with van der Waals surface area (Å²) in [6.07, 6.45) is 3.37. The van der Waals surface area contributed by atoms with Crippen molar-refractivity contribution in [1.82, 2.24) is 9.80 Å². The van der Waals surface area contributed by atoms with Gasteiger partial charge in [-0.25, -0.2) is 0 Å². The highest BCUT2D eigenvalue weighted by Gasteiger charge is 2.41. The molecule has 2 amide bonds. The van der Waals surface area contributed by atoms with Crippen LogP contribution in [0.2, 0.25) is 0 Å². The van der Waals surface area contributed by atoms with Crippen molar-refractivity contribution in [2.75, 3.05) is 13.1 Å². The third-order valence-electron chi connectivity index (χ3n) is 4.07. The number of carbonyl (C=O) groups excluding carboxylic acids is 2. The van der Waals surface area contributed by atoms with Crippen LogP contribution in [-0.4, -0.2) is 51.8 Å². The zero-order chi connectivity index (χ0) is 15.7. The van der Waals surface area contributed by atoms with E-state index in [1.54, 1.807) is 23.3 Å². The maximum Gasteiger partial charge on any atom is 0.323 e. The highest BCUT2D eigenvalue weighted by atomic mass is 16.4. The van der Waals surface area contributed by atoms with Crippen LogP contribution in [0.5, 0.6) is 0 Å². The predicted molar refractivity (Wildman–Crippen MR) is 74.6 cm³/mol. The van der Waals surface area contributed by atoms with Crippen LogP contribution in [-0.2, 0) is 20.9 Å². The first-order chi connectivity index (χ1) is 10.5. The molecule has 1 aromatic heterocycles. The maximum absolute atomic E-state index is 12.5. The molecule has 7 nitrogen and oxygen atoms in total. The van der Waals surface area contributed by atoms with Crippen LogP contribution < -0.4 is 0 Å². The molecule has 0 aromatic carbocycles. The maximum atomic E-state index is 12.5. The van der Waals surface area contributed by atoms with Crippen LogP contribution >= 0.6 is 0 Å². The van der Waals surface area contributed by atoms with Gasteiger partial charge in [0.05, 0.1) is 18.7 Å². The van der Waals surface area contributed by atoms with Crippen LogP contribution in [0.25, 0.3) is 0 Å². The molecule has 0 bridgehead atoms. The van der Waals surface area contributed by atoms with Gasteiger partial charge < -0.3 is 19.3 Å². The normalized spacial score (nSPS) is 21.2. The van der Waals surface area contributed by atoms with Gasteiger partial charge in [-0.1, -0.05) is 0 Å². The van der Waals surface area contributed by atoms with Gasteiger partial charge in [-0.3, -0.25) is 14.4 Å². The van der Waals surface area contributed by atoms with E-state index in [1.165, 1.54) is 4.90 Å². The number of furan rings is 1. The summed E-state index contributed by atoms with van der Waals surface area (Å²) in [5.74, 6) is -1.12. The van der Waals surface area contributed by atoms with E-state index in [2.05, 4.69) is 0 Å². The van der Waals surface area contributed by atoms with E-state index in [0.717, 1.165) is 12.8 Å². The Balaban J connectivity index is 1.63. The number of rotatable bonds is 6. The summed E-state index contributed by atoms with van der Waals surface area (Å²) in [5.41, 5.74) is 0. The predicted octanol–water partition coefficient (Wildman–Crippen LogP) is 0.704. The molecule has 1 aromatic rings. The number of carboxylic acids is 1. The molecule has 1 saturated carbocycles.